The van der Waals surface area contributed by atoms with E-state index in [0.717, 1.165) is 33.6 Å². The predicted octanol–water partition coefficient (Wildman–Crippen LogP) is 4.69. The second kappa shape index (κ2) is 5.01. The maximum atomic E-state index is 14.8. The summed E-state index contributed by atoms with van der Waals surface area (Å²) >= 11 is 0. The fourth-order valence-corrected chi connectivity index (χ4v) is 3.65. The molecule has 0 spiro atoms. The third-order valence-electron chi connectivity index (χ3n) is 5.77. The van der Waals surface area contributed by atoms with Crippen molar-refractivity contribution in [3.63, 3.8) is 0 Å². The summed E-state index contributed by atoms with van der Waals surface area (Å²) in [6, 6.07) is 11.3. The van der Waals surface area contributed by atoms with E-state index in [2.05, 4.69) is 38.9 Å². The van der Waals surface area contributed by atoms with Crippen LogP contribution in [0.5, 0.6) is 0 Å². The summed E-state index contributed by atoms with van der Waals surface area (Å²) in [5.74, 6) is -0.169. The molecule has 0 saturated carbocycles. The Morgan fingerprint density at radius 1 is 1.00 bits per heavy atom. The van der Waals surface area contributed by atoms with E-state index in [4.69, 9.17) is 4.99 Å². The van der Waals surface area contributed by atoms with Gasteiger partial charge in [0.1, 0.15) is 5.82 Å². The van der Waals surface area contributed by atoms with Crippen molar-refractivity contribution in [3.8, 4) is 0 Å². The number of benzene rings is 1. The summed E-state index contributed by atoms with van der Waals surface area (Å²) in [6.07, 6.45) is 1.93. The summed E-state index contributed by atoms with van der Waals surface area (Å²) in [6.45, 7) is 10.2. The quantitative estimate of drug-likeness (QED) is 0.634. The van der Waals surface area contributed by atoms with Gasteiger partial charge in [0.05, 0.1) is 22.5 Å². The molecule has 0 unspecified atom stereocenters. The number of aromatic nitrogens is 2. The Morgan fingerprint density at radius 2 is 1.76 bits per heavy atom. The zero-order valence-corrected chi connectivity index (χ0v) is 15.3. The van der Waals surface area contributed by atoms with Crippen molar-refractivity contribution in [1.29, 1.82) is 0 Å². The van der Waals surface area contributed by atoms with E-state index >= 15 is 0 Å². The van der Waals surface area contributed by atoms with Crippen LogP contribution < -0.4 is 0 Å². The molecular formula is C21H22FN3. The highest BCUT2D eigenvalue weighted by Crippen LogP contribution is 2.45. The summed E-state index contributed by atoms with van der Waals surface area (Å²) in [5, 5.41) is 4.63. The zero-order valence-electron chi connectivity index (χ0n) is 15.3. The monoisotopic (exact) mass is 335 g/mol. The van der Waals surface area contributed by atoms with Gasteiger partial charge in [0.2, 0.25) is 0 Å². The van der Waals surface area contributed by atoms with E-state index in [1.807, 2.05) is 35.8 Å². The number of nitrogens with zero attached hydrogens (tertiary/aromatic N) is 3. The number of hydrogen-bond donors (Lipinski definition) is 0. The Balaban J connectivity index is 2.06. The molecule has 0 amide bonds. The summed E-state index contributed by atoms with van der Waals surface area (Å²) < 4.78 is 16.7. The molecule has 3 nitrogen and oxygen atoms in total. The van der Waals surface area contributed by atoms with E-state index < -0.39 is 11.0 Å². The van der Waals surface area contributed by atoms with Gasteiger partial charge in [0, 0.05) is 28.3 Å². The number of rotatable bonds is 1. The molecule has 0 bridgehead atoms. The van der Waals surface area contributed by atoms with Gasteiger partial charge in [-0.15, -0.1) is 0 Å². The average molecular weight is 335 g/mol. The molecule has 0 N–H and O–H groups in total. The van der Waals surface area contributed by atoms with Crippen LogP contribution in [0.1, 0.15) is 50.1 Å². The molecule has 0 radical (unpaired) electrons. The van der Waals surface area contributed by atoms with E-state index in [-0.39, 0.29) is 5.82 Å². The zero-order chi connectivity index (χ0) is 18.0. The normalized spacial score (nSPS) is 18.1. The largest absolute Gasteiger partial charge is 0.277 e. The van der Waals surface area contributed by atoms with E-state index in [1.165, 1.54) is 0 Å². The molecule has 0 aliphatic carbocycles. The number of aryl methyl sites for hydroxylation is 1. The van der Waals surface area contributed by atoms with Gasteiger partial charge in [-0.3, -0.25) is 4.99 Å². The SMILES string of the molecule is Cc1nn2cccc2cc1C1=NC(C)(C)C(C)(C)c2c(F)cccc21. The lowest BCUT2D eigenvalue weighted by atomic mass is 9.65. The molecule has 1 aliphatic rings. The minimum Gasteiger partial charge on any atom is -0.277 e. The maximum Gasteiger partial charge on any atom is 0.127 e. The van der Waals surface area contributed by atoms with Gasteiger partial charge in [-0.05, 0) is 45.0 Å². The molecule has 3 aromatic rings. The minimum atomic E-state index is -0.432. The standard InChI is InChI=1S/C21H22FN3/c1-13-16(12-14-8-7-11-25(14)24-13)19-15-9-6-10-17(22)18(15)20(2,3)21(4,5)23-19/h6-12H,1-5H3. The second-order valence-corrected chi connectivity index (χ2v) is 7.83. The molecular weight excluding hydrogens is 313 g/mol. The van der Waals surface area contributed by atoms with E-state index in [1.54, 1.807) is 12.1 Å². The first-order chi connectivity index (χ1) is 11.7. The molecule has 1 aromatic carbocycles. The van der Waals surface area contributed by atoms with Crippen molar-refractivity contribution in [2.75, 3.05) is 0 Å². The van der Waals surface area contributed by atoms with Crippen LogP contribution in [0, 0.1) is 12.7 Å². The Bertz CT molecular complexity index is 1020. The Labute approximate surface area is 147 Å². The smallest absolute Gasteiger partial charge is 0.127 e. The molecule has 128 valence electrons. The van der Waals surface area contributed by atoms with Crippen LogP contribution in [0.15, 0.2) is 47.6 Å². The Hall–Kier alpha value is -2.49. The average Bonchev–Trinajstić information content (AvgIpc) is 2.97. The Kier molecular flexibility index (Phi) is 3.21. The summed E-state index contributed by atoms with van der Waals surface area (Å²) in [7, 11) is 0. The Morgan fingerprint density at radius 3 is 2.52 bits per heavy atom. The van der Waals surface area contributed by atoms with Crippen molar-refractivity contribution in [2.45, 2.75) is 45.6 Å². The van der Waals surface area contributed by atoms with Crippen molar-refractivity contribution in [1.82, 2.24) is 9.61 Å². The lowest BCUT2D eigenvalue weighted by molar-refractivity contribution is 0.293. The molecule has 0 atom stereocenters. The van der Waals surface area contributed by atoms with Crippen molar-refractivity contribution in [2.24, 2.45) is 4.99 Å². The molecule has 0 saturated heterocycles. The third-order valence-corrected chi connectivity index (χ3v) is 5.77. The van der Waals surface area contributed by atoms with Crippen LogP contribution in [0.25, 0.3) is 5.52 Å². The molecule has 0 fully saturated rings. The molecule has 4 heteroatoms. The summed E-state index contributed by atoms with van der Waals surface area (Å²) in [4.78, 5) is 5.07. The van der Waals surface area contributed by atoms with Gasteiger partial charge in [0.25, 0.3) is 0 Å². The number of aliphatic imine (C=N–C) groups is 1. The molecule has 25 heavy (non-hydrogen) atoms. The van der Waals surface area contributed by atoms with Crippen LogP contribution in [0.2, 0.25) is 0 Å². The highest BCUT2D eigenvalue weighted by Gasteiger charge is 2.45. The van der Waals surface area contributed by atoms with Gasteiger partial charge in [0.15, 0.2) is 0 Å². The fourth-order valence-electron chi connectivity index (χ4n) is 3.65. The first kappa shape index (κ1) is 16.0. The van der Waals surface area contributed by atoms with Crippen molar-refractivity contribution in [3.05, 3.63) is 70.8 Å². The lowest BCUT2D eigenvalue weighted by Crippen LogP contribution is -2.47. The maximum absolute atomic E-state index is 14.8. The van der Waals surface area contributed by atoms with Crippen molar-refractivity contribution >= 4 is 11.2 Å². The third kappa shape index (κ3) is 2.16. The minimum absolute atomic E-state index is 0.169. The first-order valence-electron chi connectivity index (χ1n) is 8.57. The number of fused-ring (bicyclic) bond motifs is 2. The van der Waals surface area contributed by atoms with E-state index in [0.29, 0.717) is 0 Å². The predicted molar refractivity (Wildman–Crippen MR) is 99.1 cm³/mol. The number of hydrogen-bond acceptors (Lipinski definition) is 2. The van der Waals surface area contributed by atoms with Gasteiger partial charge in [-0.2, -0.15) is 5.10 Å². The highest BCUT2D eigenvalue weighted by molar-refractivity contribution is 6.16. The van der Waals surface area contributed by atoms with Crippen molar-refractivity contribution < 1.29 is 4.39 Å². The van der Waals surface area contributed by atoms with Gasteiger partial charge >= 0.3 is 0 Å². The fraction of sp³-hybridized carbons (Fsp3) is 0.333. The molecule has 3 heterocycles. The van der Waals surface area contributed by atoms with E-state index in [9.17, 15) is 4.39 Å². The lowest BCUT2D eigenvalue weighted by Gasteiger charge is -2.44. The molecule has 4 rings (SSSR count). The molecule has 1 aliphatic heterocycles. The molecule has 2 aromatic heterocycles. The van der Waals surface area contributed by atoms with Crippen LogP contribution in [-0.4, -0.2) is 20.9 Å². The first-order valence-corrected chi connectivity index (χ1v) is 8.57. The van der Waals surface area contributed by atoms with Gasteiger partial charge < -0.3 is 0 Å². The second-order valence-electron chi connectivity index (χ2n) is 7.83. The topological polar surface area (TPSA) is 29.7 Å². The van der Waals surface area contributed by atoms with Crippen LogP contribution in [-0.2, 0) is 5.41 Å². The van der Waals surface area contributed by atoms with Gasteiger partial charge in [-0.1, -0.05) is 26.0 Å². The highest BCUT2D eigenvalue weighted by atomic mass is 19.1. The summed E-state index contributed by atoms with van der Waals surface area (Å²) in [5.41, 5.74) is 4.44. The van der Waals surface area contributed by atoms with Crippen LogP contribution in [0.3, 0.4) is 0 Å². The van der Waals surface area contributed by atoms with Crippen LogP contribution in [0.4, 0.5) is 4.39 Å². The van der Waals surface area contributed by atoms with Crippen LogP contribution >= 0.6 is 0 Å². The number of halogens is 1. The van der Waals surface area contributed by atoms with Gasteiger partial charge in [-0.25, -0.2) is 8.91 Å².